The van der Waals surface area contributed by atoms with Crippen LogP contribution in [0.4, 0.5) is 10.5 Å². The summed E-state index contributed by atoms with van der Waals surface area (Å²) in [7, 11) is -3.93. The Morgan fingerprint density at radius 3 is 2.17 bits per heavy atom. The van der Waals surface area contributed by atoms with Crippen LogP contribution in [0.1, 0.15) is 23.1 Å². The van der Waals surface area contributed by atoms with Gasteiger partial charge in [0.1, 0.15) is 0 Å². The molecule has 0 bridgehead atoms. The second-order valence-corrected chi connectivity index (χ2v) is 10.2. The Kier molecular flexibility index (Phi) is 9.57. The first-order valence-corrected chi connectivity index (χ1v) is 12.9. The van der Waals surface area contributed by atoms with Gasteiger partial charge in [-0.2, -0.15) is 4.31 Å². The normalized spacial score (nSPS) is 11.2. The fourth-order valence-corrected chi connectivity index (χ4v) is 4.90. The lowest BCUT2D eigenvalue weighted by Crippen LogP contribution is -2.36. The predicted octanol–water partition coefficient (Wildman–Crippen LogP) is 3.45. The fourth-order valence-electron chi connectivity index (χ4n) is 3.46. The van der Waals surface area contributed by atoms with Crippen molar-refractivity contribution in [3.63, 3.8) is 0 Å². The highest BCUT2D eigenvalue weighted by atomic mass is 32.2. The van der Waals surface area contributed by atoms with Crippen LogP contribution in [-0.4, -0.2) is 43.0 Å². The van der Waals surface area contributed by atoms with Gasteiger partial charge in [-0.05, 0) is 48.7 Å². The summed E-state index contributed by atoms with van der Waals surface area (Å²) in [4.78, 5) is 23.8. The summed E-state index contributed by atoms with van der Waals surface area (Å²) >= 11 is 0. The molecule has 10 heteroatoms. The Hall–Kier alpha value is -3.73. The molecule has 0 heterocycles. The average molecular weight is 511 g/mol. The van der Waals surface area contributed by atoms with Crippen LogP contribution < -0.4 is 16.1 Å². The van der Waals surface area contributed by atoms with Crippen molar-refractivity contribution in [1.29, 1.82) is 0 Å². The molecule has 0 aliphatic rings. The lowest BCUT2D eigenvalue weighted by molar-refractivity contribution is -0.129. The number of hydroxylamine groups is 1. The number of nitrogens with one attached hydrogen (secondary N) is 3. The minimum Gasteiger partial charge on any atom is -0.334 e. The van der Waals surface area contributed by atoms with Crippen LogP contribution in [0.5, 0.6) is 0 Å². The SMILES string of the molecule is Cc1ccc(CCN(CCC(=O)NO)S(=O)(=O)c2ccc(NC(=O)NCc3ccccc3)cc2)cc1. The maximum Gasteiger partial charge on any atom is 0.319 e. The molecule has 9 nitrogen and oxygen atoms in total. The van der Waals surface area contributed by atoms with Gasteiger partial charge in [0.15, 0.2) is 0 Å². The monoisotopic (exact) mass is 510 g/mol. The second kappa shape index (κ2) is 12.8. The van der Waals surface area contributed by atoms with Crippen molar-refractivity contribution in [2.45, 2.75) is 31.2 Å². The highest BCUT2D eigenvalue weighted by molar-refractivity contribution is 7.89. The Bertz CT molecular complexity index is 1250. The largest absolute Gasteiger partial charge is 0.334 e. The average Bonchev–Trinajstić information content (AvgIpc) is 2.89. The molecule has 0 saturated heterocycles. The van der Waals surface area contributed by atoms with E-state index in [1.165, 1.54) is 34.1 Å². The number of nitrogens with zero attached hydrogens (tertiary/aromatic N) is 1. The highest BCUT2D eigenvalue weighted by Crippen LogP contribution is 2.20. The molecule has 36 heavy (non-hydrogen) atoms. The van der Waals surface area contributed by atoms with E-state index in [0.29, 0.717) is 18.7 Å². The molecule has 3 amide bonds. The van der Waals surface area contributed by atoms with Crippen molar-refractivity contribution in [2.24, 2.45) is 0 Å². The number of rotatable bonds is 11. The van der Waals surface area contributed by atoms with Crippen LogP contribution in [0.15, 0.2) is 83.8 Å². The molecule has 0 spiro atoms. The smallest absolute Gasteiger partial charge is 0.319 e. The molecule has 190 valence electrons. The number of sulfonamides is 1. The van der Waals surface area contributed by atoms with Gasteiger partial charge < -0.3 is 10.6 Å². The summed E-state index contributed by atoms with van der Waals surface area (Å²) in [6, 6.07) is 22.7. The number of urea groups is 1. The maximum atomic E-state index is 13.3. The standard InChI is InChI=1S/C26H30N4O5S/c1-20-7-9-21(10-8-20)15-17-30(18-16-25(31)29-33)36(34,35)24-13-11-23(12-14-24)28-26(32)27-19-22-5-3-2-4-6-22/h2-14,33H,15-19H2,1H3,(H,29,31)(H2,27,28,32). The molecular weight excluding hydrogens is 480 g/mol. The van der Waals surface area contributed by atoms with E-state index in [1.54, 1.807) is 0 Å². The first-order chi connectivity index (χ1) is 17.3. The first-order valence-electron chi connectivity index (χ1n) is 11.5. The van der Waals surface area contributed by atoms with Crippen molar-refractivity contribution in [1.82, 2.24) is 15.1 Å². The number of hydrogen-bond donors (Lipinski definition) is 4. The van der Waals surface area contributed by atoms with Gasteiger partial charge in [-0.25, -0.2) is 18.7 Å². The minimum absolute atomic E-state index is 0.0334. The Morgan fingerprint density at radius 1 is 0.861 bits per heavy atom. The summed E-state index contributed by atoms with van der Waals surface area (Å²) in [6.07, 6.45) is 0.270. The van der Waals surface area contributed by atoms with Crippen molar-refractivity contribution in [3.05, 3.63) is 95.6 Å². The minimum atomic E-state index is -3.93. The molecule has 3 aromatic carbocycles. The molecule has 0 fully saturated rings. The van der Waals surface area contributed by atoms with Crippen LogP contribution in [-0.2, 0) is 27.8 Å². The number of carbonyl (C=O) groups excluding carboxylic acids is 2. The van der Waals surface area contributed by atoms with E-state index in [9.17, 15) is 18.0 Å². The zero-order valence-electron chi connectivity index (χ0n) is 20.0. The molecule has 0 aromatic heterocycles. The number of aryl methyl sites for hydroxylation is 1. The summed E-state index contributed by atoms with van der Waals surface area (Å²) in [6.45, 7) is 2.39. The Morgan fingerprint density at radius 2 is 1.53 bits per heavy atom. The molecular formula is C26H30N4O5S. The Labute approximate surface area is 211 Å². The van der Waals surface area contributed by atoms with E-state index in [4.69, 9.17) is 5.21 Å². The Balaban J connectivity index is 1.66. The molecule has 0 atom stereocenters. The van der Waals surface area contributed by atoms with E-state index < -0.39 is 22.0 Å². The molecule has 0 aliphatic carbocycles. The number of carbonyl (C=O) groups is 2. The van der Waals surface area contributed by atoms with Gasteiger partial charge in [0.05, 0.1) is 4.90 Å². The van der Waals surface area contributed by atoms with Crippen molar-refractivity contribution < 1.29 is 23.2 Å². The van der Waals surface area contributed by atoms with Gasteiger partial charge in [-0.1, -0.05) is 60.2 Å². The number of anilines is 1. The van der Waals surface area contributed by atoms with Gasteiger partial charge in [-0.15, -0.1) is 0 Å². The number of benzene rings is 3. The summed E-state index contributed by atoms with van der Waals surface area (Å²) in [5, 5.41) is 14.2. The van der Waals surface area contributed by atoms with Crippen molar-refractivity contribution in [2.75, 3.05) is 18.4 Å². The summed E-state index contributed by atoms with van der Waals surface area (Å²) < 4.78 is 27.9. The third-order valence-corrected chi connectivity index (χ3v) is 7.44. The molecule has 0 radical (unpaired) electrons. The lowest BCUT2D eigenvalue weighted by Gasteiger charge is -2.22. The number of hydrogen-bond acceptors (Lipinski definition) is 5. The molecule has 0 saturated carbocycles. The molecule has 4 N–H and O–H groups in total. The van der Waals surface area contributed by atoms with Gasteiger partial charge in [-0.3, -0.25) is 10.0 Å². The van der Waals surface area contributed by atoms with E-state index in [-0.39, 0.29) is 24.4 Å². The molecule has 0 unspecified atom stereocenters. The highest BCUT2D eigenvalue weighted by Gasteiger charge is 2.25. The summed E-state index contributed by atoms with van der Waals surface area (Å²) in [5.74, 6) is -0.674. The van der Waals surface area contributed by atoms with E-state index in [2.05, 4.69) is 10.6 Å². The van der Waals surface area contributed by atoms with Crippen LogP contribution in [0.3, 0.4) is 0 Å². The maximum absolute atomic E-state index is 13.3. The van der Waals surface area contributed by atoms with Gasteiger partial charge in [0.2, 0.25) is 15.9 Å². The van der Waals surface area contributed by atoms with Crippen molar-refractivity contribution in [3.8, 4) is 0 Å². The van der Waals surface area contributed by atoms with E-state index >= 15 is 0 Å². The van der Waals surface area contributed by atoms with Gasteiger partial charge >= 0.3 is 6.03 Å². The van der Waals surface area contributed by atoms with Crippen LogP contribution in [0.25, 0.3) is 0 Å². The second-order valence-electron chi connectivity index (χ2n) is 8.24. The predicted molar refractivity (Wildman–Crippen MR) is 137 cm³/mol. The first kappa shape index (κ1) is 26.9. The topological polar surface area (TPSA) is 128 Å². The van der Waals surface area contributed by atoms with Crippen LogP contribution in [0, 0.1) is 6.92 Å². The van der Waals surface area contributed by atoms with Crippen molar-refractivity contribution >= 4 is 27.6 Å². The zero-order valence-corrected chi connectivity index (χ0v) is 20.8. The third kappa shape index (κ3) is 7.91. The van der Waals surface area contributed by atoms with E-state index in [0.717, 1.165) is 16.7 Å². The van der Waals surface area contributed by atoms with E-state index in [1.807, 2.05) is 61.5 Å². The lowest BCUT2D eigenvalue weighted by atomic mass is 10.1. The quantitative estimate of drug-likeness (QED) is 0.232. The van der Waals surface area contributed by atoms with Crippen LogP contribution in [0.2, 0.25) is 0 Å². The fraction of sp³-hybridized carbons (Fsp3) is 0.231. The summed E-state index contributed by atoms with van der Waals surface area (Å²) in [5.41, 5.74) is 4.99. The van der Waals surface area contributed by atoms with Crippen LogP contribution >= 0.6 is 0 Å². The molecule has 0 aliphatic heterocycles. The van der Waals surface area contributed by atoms with Gasteiger partial charge in [0, 0.05) is 31.7 Å². The zero-order chi connectivity index (χ0) is 26.0. The van der Waals surface area contributed by atoms with Gasteiger partial charge in [0.25, 0.3) is 0 Å². The molecule has 3 aromatic rings. The third-order valence-electron chi connectivity index (χ3n) is 5.53. The number of amides is 3. The molecule has 3 rings (SSSR count).